The fourth-order valence-corrected chi connectivity index (χ4v) is 3.55. The molecule has 1 aromatic heterocycles. The summed E-state index contributed by atoms with van der Waals surface area (Å²) in [6.45, 7) is 5.56. The highest BCUT2D eigenvalue weighted by molar-refractivity contribution is 6.31. The van der Waals surface area contributed by atoms with Crippen LogP contribution in [0.4, 0.5) is 5.69 Å². The van der Waals surface area contributed by atoms with Crippen molar-refractivity contribution in [2.75, 3.05) is 51.7 Å². The molecule has 0 atom stereocenters. The molecule has 1 fully saturated rings. The Morgan fingerprint density at radius 2 is 1.93 bits per heavy atom. The topological polar surface area (TPSA) is 55.8 Å². The van der Waals surface area contributed by atoms with Gasteiger partial charge in [0.25, 0.3) is 0 Å². The second kappa shape index (κ2) is 10.3. The van der Waals surface area contributed by atoms with Crippen LogP contribution in [-0.4, -0.2) is 62.7 Å². The number of nitrogens with one attached hydrogen (secondary N) is 2. The maximum absolute atomic E-state index is 6.54. The van der Waals surface area contributed by atoms with Crippen molar-refractivity contribution in [3.05, 3.63) is 58.9 Å². The number of hydrogen-bond acceptors (Lipinski definition) is 4. The highest BCUT2D eigenvalue weighted by Gasteiger charge is 2.18. The molecule has 2 aromatic rings. The van der Waals surface area contributed by atoms with Gasteiger partial charge in [-0.3, -0.25) is 9.98 Å². The van der Waals surface area contributed by atoms with Crippen LogP contribution in [0.3, 0.4) is 0 Å². The summed E-state index contributed by atoms with van der Waals surface area (Å²) in [5, 5.41) is 7.53. The first kappa shape index (κ1) is 20.4. The number of piperazine rings is 1. The molecule has 1 saturated heterocycles. The van der Waals surface area contributed by atoms with Gasteiger partial charge in [-0.15, -0.1) is 0 Å². The zero-order valence-electron chi connectivity index (χ0n) is 16.7. The van der Waals surface area contributed by atoms with E-state index in [4.69, 9.17) is 11.6 Å². The minimum atomic E-state index is 0.630. The number of guanidine groups is 1. The number of halogens is 1. The highest BCUT2D eigenvalue weighted by atomic mass is 35.5. The molecule has 150 valence electrons. The Labute approximate surface area is 172 Å². The number of anilines is 1. The van der Waals surface area contributed by atoms with E-state index in [1.807, 2.05) is 36.5 Å². The molecule has 28 heavy (non-hydrogen) atoms. The molecule has 2 N–H and O–H groups in total. The van der Waals surface area contributed by atoms with E-state index in [1.165, 1.54) is 5.69 Å². The quantitative estimate of drug-likeness (QED) is 0.576. The fourth-order valence-electron chi connectivity index (χ4n) is 3.31. The van der Waals surface area contributed by atoms with Gasteiger partial charge in [0, 0.05) is 80.9 Å². The van der Waals surface area contributed by atoms with Crippen molar-refractivity contribution in [1.82, 2.24) is 20.5 Å². The van der Waals surface area contributed by atoms with Crippen molar-refractivity contribution in [1.29, 1.82) is 0 Å². The number of pyridine rings is 1. The van der Waals surface area contributed by atoms with Gasteiger partial charge in [0.2, 0.25) is 0 Å². The Morgan fingerprint density at radius 1 is 1.11 bits per heavy atom. The third-order valence-electron chi connectivity index (χ3n) is 4.99. The van der Waals surface area contributed by atoms with Crippen LogP contribution in [0.2, 0.25) is 5.02 Å². The number of aromatic nitrogens is 1. The predicted molar refractivity (Wildman–Crippen MR) is 117 cm³/mol. The van der Waals surface area contributed by atoms with Crippen LogP contribution in [0.5, 0.6) is 0 Å². The molecule has 0 spiro atoms. The van der Waals surface area contributed by atoms with Crippen LogP contribution in [-0.2, 0) is 13.0 Å². The van der Waals surface area contributed by atoms with E-state index in [0.29, 0.717) is 6.54 Å². The van der Waals surface area contributed by atoms with E-state index in [-0.39, 0.29) is 0 Å². The summed E-state index contributed by atoms with van der Waals surface area (Å²) >= 11 is 6.54. The van der Waals surface area contributed by atoms with E-state index < -0.39 is 0 Å². The molecular weight excluding hydrogens is 372 g/mol. The fraction of sp³-hybridized carbons (Fsp3) is 0.429. The maximum atomic E-state index is 6.54. The van der Waals surface area contributed by atoms with Gasteiger partial charge in [0.15, 0.2) is 5.96 Å². The number of hydrogen-bond donors (Lipinski definition) is 2. The van der Waals surface area contributed by atoms with Crippen molar-refractivity contribution < 1.29 is 0 Å². The number of likely N-dealkylation sites (N-methyl/N-ethyl adjacent to an activating group) is 1. The number of nitrogens with zero attached hydrogens (tertiary/aromatic N) is 4. The molecule has 3 rings (SSSR count). The van der Waals surface area contributed by atoms with Gasteiger partial charge in [-0.05, 0) is 31.3 Å². The number of aliphatic imine (C=N–C) groups is 1. The molecule has 1 aliphatic rings. The van der Waals surface area contributed by atoms with Gasteiger partial charge in [-0.1, -0.05) is 23.7 Å². The van der Waals surface area contributed by atoms with Gasteiger partial charge >= 0.3 is 0 Å². The van der Waals surface area contributed by atoms with Crippen LogP contribution in [0, 0.1) is 0 Å². The Kier molecular flexibility index (Phi) is 7.51. The Bertz CT molecular complexity index is 772. The second-order valence-electron chi connectivity index (χ2n) is 6.95. The smallest absolute Gasteiger partial charge is 0.191 e. The molecule has 6 nitrogen and oxygen atoms in total. The summed E-state index contributed by atoms with van der Waals surface area (Å²) in [5.41, 5.74) is 3.38. The standard InChI is InChI=1S/C21H29ClN6/c1-23-21(25-11-9-17-6-3-4-10-24-17)26-16-18-19(22)7-5-8-20(18)28-14-12-27(2)13-15-28/h3-8,10H,9,11-16H2,1-2H3,(H2,23,25,26). The van der Waals surface area contributed by atoms with E-state index in [0.717, 1.165) is 61.4 Å². The van der Waals surface area contributed by atoms with E-state index in [2.05, 4.69) is 43.5 Å². The second-order valence-corrected chi connectivity index (χ2v) is 7.36. The lowest BCUT2D eigenvalue weighted by molar-refractivity contribution is 0.312. The normalized spacial score (nSPS) is 15.5. The van der Waals surface area contributed by atoms with Crippen LogP contribution in [0.1, 0.15) is 11.3 Å². The van der Waals surface area contributed by atoms with Gasteiger partial charge < -0.3 is 20.4 Å². The number of rotatable bonds is 6. The molecule has 1 aliphatic heterocycles. The molecule has 0 saturated carbocycles. The van der Waals surface area contributed by atoms with Crippen molar-refractivity contribution in [2.24, 2.45) is 4.99 Å². The molecule has 0 unspecified atom stereocenters. The van der Waals surface area contributed by atoms with E-state index in [1.54, 1.807) is 7.05 Å². The lowest BCUT2D eigenvalue weighted by atomic mass is 10.1. The van der Waals surface area contributed by atoms with Gasteiger partial charge in [-0.25, -0.2) is 0 Å². The predicted octanol–water partition coefficient (Wildman–Crippen LogP) is 2.39. The first-order valence-electron chi connectivity index (χ1n) is 9.72. The zero-order valence-corrected chi connectivity index (χ0v) is 17.4. The van der Waals surface area contributed by atoms with Gasteiger partial charge in [0.05, 0.1) is 0 Å². The minimum absolute atomic E-state index is 0.630. The van der Waals surface area contributed by atoms with Crippen LogP contribution in [0.25, 0.3) is 0 Å². The lowest BCUT2D eigenvalue weighted by Crippen LogP contribution is -2.45. The first-order chi connectivity index (χ1) is 13.7. The average Bonchev–Trinajstić information content (AvgIpc) is 2.72. The molecule has 0 amide bonds. The lowest BCUT2D eigenvalue weighted by Gasteiger charge is -2.35. The Morgan fingerprint density at radius 3 is 2.64 bits per heavy atom. The molecule has 1 aromatic carbocycles. The third-order valence-corrected chi connectivity index (χ3v) is 5.35. The van der Waals surface area contributed by atoms with Crippen LogP contribution < -0.4 is 15.5 Å². The minimum Gasteiger partial charge on any atom is -0.369 e. The largest absolute Gasteiger partial charge is 0.369 e. The SMILES string of the molecule is CN=C(NCCc1ccccn1)NCc1c(Cl)cccc1N1CCN(C)CC1. The van der Waals surface area contributed by atoms with Gasteiger partial charge in [-0.2, -0.15) is 0 Å². The molecule has 2 heterocycles. The summed E-state index contributed by atoms with van der Waals surface area (Å²) in [6.07, 6.45) is 2.67. The summed E-state index contributed by atoms with van der Waals surface area (Å²) in [4.78, 5) is 13.4. The molecule has 0 radical (unpaired) electrons. The monoisotopic (exact) mass is 400 g/mol. The third kappa shape index (κ3) is 5.59. The van der Waals surface area contributed by atoms with Crippen molar-refractivity contribution in [2.45, 2.75) is 13.0 Å². The molecule has 0 bridgehead atoms. The zero-order chi connectivity index (χ0) is 19.8. The van der Waals surface area contributed by atoms with E-state index >= 15 is 0 Å². The highest BCUT2D eigenvalue weighted by Crippen LogP contribution is 2.28. The van der Waals surface area contributed by atoms with Crippen molar-refractivity contribution in [3.63, 3.8) is 0 Å². The molecule has 7 heteroatoms. The maximum Gasteiger partial charge on any atom is 0.191 e. The van der Waals surface area contributed by atoms with Crippen molar-refractivity contribution >= 4 is 23.2 Å². The van der Waals surface area contributed by atoms with Crippen LogP contribution >= 0.6 is 11.6 Å². The first-order valence-corrected chi connectivity index (χ1v) is 10.1. The summed E-state index contributed by atoms with van der Waals surface area (Å²) < 4.78 is 0. The summed E-state index contributed by atoms with van der Waals surface area (Å²) in [7, 11) is 3.95. The van der Waals surface area contributed by atoms with Crippen molar-refractivity contribution in [3.8, 4) is 0 Å². The summed E-state index contributed by atoms with van der Waals surface area (Å²) in [5.74, 6) is 0.764. The Hall–Kier alpha value is -2.31. The Balaban J connectivity index is 1.58. The average molecular weight is 401 g/mol. The van der Waals surface area contributed by atoms with Gasteiger partial charge in [0.1, 0.15) is 0 Å². The number of benzene rings is 1. The van der Waals surface area contributed by atoms with E-state index in [9.17, 15) is 0 Å². The molecule has 0 aliphatic carbocycles. The summed E-state index contributed by atoms with van der Waals surface area (Å²) in [6, 6.07) is 12.1. The van der Waals surface area contributed by atoms with Crippen LogP contribution in [0.15, 0.2) is 47.6 Å². The molecular formula is C21H29ClN6.